The molecule has 7 heteroatoms. The maximum absolute atomic E-state index is 12.4. The number of piperazine rings is 1. The van der Waals surface area contributed by atoms with E-state index in [-0.39, 0.29) is 6.09 Å². The smallest absolute Gasteiger partial charge is 0.410 e. The second kappa shape index (κ2) is 8.04. The van der Waals surface area contributed by atoms with Crippen LogP contribution in [0.4, 0.5) is 10.7 Å². The Morgan fingerprint density at radius 3 is 2.50 bits per heavy atom. The molecule has 1 saturated heterocycles. The molecule has 7 nitrogen and oxygen atoms in total. The molecule has 1 saturated carbocycles. The van der Waals surface area contributed by atoms with E-state index in [0.29, 0.717) is 38.0 Å². The summed E-state index contributed by atoms with van der Waals surface area (Å²) >= 11 is 0. The molecule has 1 aliphatic heterocycles. The van der Waals surface area contributed by atoms with E-state index < -0.39 is 5.60 Å². The van der Waals surface area contributed by atoms with E-state index in [1.54, 1.807) is 4.90 Å². The van der Waals surface area contributed by atoms with Gasteiger partial charge in [-0.1, -0.05) is 18.2 Å². The number of pyridine rings is 1. The molecule has 0 spiro atoms. The Bertz CT molecular complexity index is 1140. The van der Waals surface area contributed by atoms with Crippen LogP contribution < -0.4 is 4.90 Å². The normalized spacial score (nSPS) is 17.0. The van der Waals surface area contributed by atoms with Crippen molar-refractivity contribution in [2.75, 3.05) is 31.1 Å². The lowest BCUT2D eigenvalue weighted by molar-refractivity contribution is 0.0240. The number of fused-ring (bicyclic) bond motifs is 1. The number of hydrogen-bond donors (Lipinski definition) is 0. The summed E-state index contributed by atoms with van der Waals surface area (Å²) in [7, 11) is 0. The van der Waals surface area contributed by atoms with E-state index in [9.17, 15) is 4.79 Å². The molecule has 0 bridgehead atoms. The van der Waals surface area contributed by atoms with Gasteiger partial charge in [0.1, 0.15) is 5.60 Å². The lowest BCUT2D eigenvalue weighted by Gasteiger charge is -2.35. The molecule has 166 valence electrons. The largest absolute Gasteiger partial charge is 0.444 e. The SMILES string of the molecule is CC(C)(C)OC(=O)N1CCN(c2ncc(C3CC3)c(-c3cnc4ccccc4c3)n2)CC1. The van der Waals surface area contributed by atoms with E-state index in [4.69, 9.17) is 14.7 Å². The van der Waals surface area contributed by atoms with Gasteiger partial charge in [-0.15, -0.1) is 0 Å². The van der Waals surface area contributed by atoms with Crippen LogP contribution in [0.3, 0.4) is 0 Å². The fourth-order valence-electron chi connectivity index (χ4n) is 4.07. The molecule has 5 rings (SSSR count). The average molecular weight is 432 g/mol. The minimum atomic E-state index is -0.487. The summed E-state index contributed by atoms with van der Waals surface area (Å²) in [5.74, 6) is 1.25. The number of benzene rings is 1. The van der Waals surface area contributed by atoms with Crippen LogP contribution in [0.15, 0.2) is 42.7 Å². The minimum absolute atomic E-state index is 0.259. The third kappa shape index (κ3) is 4.38. The first-order valence-corrected chi connectivity index (χ1v) is 11.3. The van der Waals surface area contributed by atoms with Crippen molar-refractivity contribution in [3.8, 4) is 11.3 Å². The number of rotatable bonds is 3. The van der Waals surface area contributed by atoms with E-state index >= 15 is 0 Å². The number of nitrogens with zero attached hydrogens (tertiary/aromatic N) is 5. The molecule has 1 aromatic carbocycles. The molecule has 0 unspecified atom stereocenters. The molecule has 0 radical (unpaired) electrons. The number of hydrogen-bond acceptors (Lipinski definition) is 6. The molecule has 3 aromatic rings. The summed E-state index contributed by atoms with van der Waals surface area (Å²) in [5, 5.41) is 1.11. The van der Waals surface area contributed by atoms with Crippen LogP contribution in [0, 0.1) is 0 Å². The Morgan fingerprint density at radius 1 is 1.03 bits per heavy atom. The first kappa shape index (κ1) is 20.7. The van der Waals surface area contributed by atoms with Gasteiger partial charge < -0.3 is 14.5 Å². The molecule has 32 heavy (non-hydrogen) atoms. The number of aromatic nitrogens is 3. The zero-order valence-corrected chi connectivity index (χ0v) is 18.9. The Kier molecular flexibility index (Phi) is 5.19. The Balaban J connectivity index is 1.38. The predicted octanol–water partition coefficient (Wildman–Crippen LogP) is 4.63. The maximum Gasteiger partial charge on any atom is 0.410 e. The van der Waals surface area contributed by atoms with Crippen molar-refractivity contribution in [1.29, 1.82) is 0 Å². The first-order chi connectivity index (χ1) is 15.4. The van der Waals surface area contributed by atoms with Crippen LogP contribution in [-0.2, 0) is 4.74 Å². The number of carbonyl (C=O) groups is 1. The summed E-state index contributed by atoms with van der Waals surface area (Å²) < 4.78 is 5.51. The molecule has 0 atom stereocenters. The van der Waals surface area contributed by atoms with Crippen molar-refractivity contribution >= 4 is 22.9 Å². The first-order valence-electron chi connectivity index (χ1n) is 11.3. The maximum atomic E-state index is 12.4. The minimum Gasteiger partial charge on any atom is -0.444 e. The topological polar surface area (TPSA) is 71.5 Å². The van der Waals surface area contributed by atoms with Crippen molar-refractivity contribution in [2.45, 2.75) is 45.1 Å². The van der Waals surface area contributed by atoms with Crippen molar-refractivity contribution in [1.82, 2.24) is 19.9 Å². The molecule has 2 aromatic heterocycles. The van der Waals surface area contributed by atoms with Crippen LogP contribution in [-0.4, -0.2) is 57.7 Å². The second-order valence-corrected chi connectivity index (χ2v) is 9.62. The number of anilines is 1. The quantitative estimate of drug-likeness (QED) is 0.602. The van der Waals surface area contributed by atoms with Gasteiger partial charge in [0.05, 0.1) is 11.2 Å². The van der Waals surface area contributed by atoms with Crippen molar-refractivity contribution in [2.24, 2.45) is 0 Å². The van der Waals surface area contributed by atoms with Crippen LogP contribution in [0.1, 0.15) is 45.1 Å². The van der Waals surface area contributed by atoms with Gasteiger partial charge in [0.15, 0.2) is 0 Å². The van der Waals surface area contributed by atoms with Gasteiger partial charge in [0.25, 0.3) is 0 Å². The number of carbonyl (C=O) groups excluding carboxylic acids is 1. The van der Waals surface area contributed by atoms with Crippen LogP contribution in [0.25, 0.3) is 22.2 Å². The van der Waals surface area contributed by atoms with E-state index in [0.717, 1.165) is 22.2 Å². The standard InChI is InChI=1S/C25H29N5O2/c1-25(2,3)32-24(31)30-12-10-29(11-13-30)23-27-16-20(17-8-9-17)22(28-23)19-14-18-6-4-5-7-21(18)26-15-19/h4-7,14-17H,8-13H2,1-3H3. The van der Waals surface area contributed by atoms with E-state index in [2.05, 4.69) is 22.0 Å². The van der Waals surface area contributed by atoms with Crippen LogP contribution >= 0.6 is 0 Å². The van der Waals surface area contributed by atoms with E-state index in [1.807, 2.05) is 51.4 Å². The number of para-hydroxylation sites is 1. The summed E-state index contributed by atoms with van der Waals surface area (Å²) in [6, 6.07) is 10.3. The highest BCUT2D eigenvalue weighted by Gasteiger charge is 2.30. The van der Waals surface area contributed by atoms with Crippen LogP contribution in [0.5, 0.6) is 0 Å². The Labute approximate surface area is 188 Å². The molecular weight excluding hydrogens is 402 g/mol. The van der Waals surface area contributed by atoms with Crippen molar-refractivity contribution in [3.63, 3.8) is 0 Å². The Morgan fingerprint density at radius 2 is 1.78 bits per heavy atom. The molecule has 3 heterocycles. The third-order valence-electron chi connectivity index (χ3n) is 5.90. The van der Waals surface area contributed by atoms with E-state index in [1.165, 1.54) is 18.4 Å². The highest BCUT2D eigenvalue weighted by Crippen LogP contribution is 2.44. The zero-order valence-electron chi connectivity index (χ0n) is 18.9. The fourth-order valence-corrected chi connectivity index (χ4v) is 4.07. The van der Waals surface area contributed by atoms with Gasteiger partial charge in [-0.3, -0.25) is 4.98 Å². The van der Waals surface area contributed by atoms with Crippen molar-refractivity contribution < 1.29 is 9.53 Å². The van der Waals surface area contributed by atoms with Gasteiger partial charge in [-0.05, 0) is 51.7 Å². The zero-order chi connectivity index (χ0) is 22.3. The van der Waals surface area contributed by atoms with Gasteiger partial charge in [0, 0.05) is 55.1 Å². The molecule has 2 fully saturated rings. The lowest BCUT2D eigenvalue weighted by atomic mass is 10.0. The lowest BCUT2D eigenvalue weighted by Crippen LogP contribution is -2.50. The summed E-state index contributed by atoms with van der Waals surface area (Å²) in [4.78, 5) is 30.6. The average Bonchev–Trinajstić information content (AvgIpc) is 3.63. The van der Waals surface area contributed by atoms with Gasteiger partial charge in [-0.2, -0.15) is 0 Å². The summed E-state index contributed by atoms with van der Waals surface area (Å²) in [5.41, 5.74) is 3.71. The van der Waals surface area contributed by atoms with Crippen molar-refractivity contribution in [3.05, 3.63) is 48.3 Å². The number of ether oxygens (including phenoxy) is 1. The molecule has 1 amide bonds. The second-order valence-electron chi connectivity index (χ2n) is 9.62. The third-order valence-corrected chi connectivity index (χ3v) is 5.90. The van der Waals surface area contributed by atoms with Gasteiger partial charge in [-0.25, -0.2) is 14.8 Å². The highest BCUT2D eigenvalue weighted by molar-refractivity contribution is 5.83. The summed E-state index contributed by atoms with van der Waals surface area (Å²) in [6.07, 6.45) is 6.02. The highest BCUT2D eigenvalue weighted by atomic mass is 16.6. The molecule has 1 aliphatic carbocycles. The van der Waals surface area contributed by atoms with Crippen LogP contribution in [0.2, 0.25) is 0 Å². The monoisotopic (exact) mass is 431 g/mol. The van der Waals surface area contributed by atoms with Gasteiger partial charge >= 0.3 is 6.09 Å². The molecule has 2 aliphatic rings. The molecular formula is C25H29N5O2. The summed E-state index contributed by atoms with van der Waals surface area (Å²) in [6.45, 7) is 8.21. The molecule has 0 N–H and O–H groups in total. The predicted molar refractivity (Wildman–Crippen MR) is 125 cm³/mol. The number of amides is 1. The Hall–Kier alpha value is -3.22. The van der Waals surface area contributed by atoms with Gasteiger partial charge in [0.2, 0.25) is 5.95 Å². The fraction of sp³-hybridized carbons (Fsp3) is 0.440.